The highest BCUT2D eigenvalue weighted by atomic mass is 28.3. The molecule has 84 valence electrons. The third-order valence-corrected chi connectivity index (χ3v) is 4.52. The smallest absolute Gasteiger partial charge is 0.183 e. The molecule has 0 heterocycles. The third-order valence-electron chi connectivity index (χ3n) is 2.45. The first-order chi connectivity index (χ1) is 7.00. The predicted molar refractivity (Wildman–Crippen MR) is 66.2 cm³/mol. The molecule has 0 N–H and O–H groups in total. The molecule has 1 aromatic carbocycles. The SMILES string of the molecule is COC(OC)c1ccccc1[Si](C)(C)C. The van der Waals surface area contributed by atoms with Crippen LogP contribution in [0.2, 0.25) is 19.6 Å². The minimum absolute atomic E-state index is 0.243. The van der Waals surface area contributed by atoms with E-state index in [0.29, 0.717) is 0 Å². The molecule has 0 radical (unpaired) electrons. The molecule has 0 fully saturated rings. The standard InChI is InChI=1S/C12H20O2Si/c1-13-12(14-2)10-8-6-7-9-11(10)15(3,4)5/h6-9,12H,1-5H3. The molecule has 15 heavy (non-hydrogen) atoms. The Balaban J connectivity index is 3.17. The number of rotatable bonds is 4. The van der Waals surface area contributed by atoms with Crippen LogP contribution >= 0.6 is 0 Å². The van der Waals surface area contributed by atoms with Crippen LogP contribution in [-0.2, 0) is 9.47 Å². The Morgan fingerprint density at radius 1 is 1.00 bits per heavy atom. The molecule has 2 nitrogen and oxygen atoms in total. The summed E-state index contributed by atoms with van der Waals surface area (Å²) in [5.41, 5.74) is 1.17. The van der Waals surface area contributed by atoms with E-state index in [-0.39, 0.29) is 6.29 Å². The van der Waals surface area contributed by atoms with Gasteiger partial charge in [0.05, 0.1) is 8.07 Å². The van der Waals surface area contributed by atoms with Gasteiger partial charge in [0.25, 0.3) is 0 Å². The van der Waals surface area contributed by atoms with Crippen LogP contribution in [0.5, 0.6) is 0 Å². The molecule has 0 unspecified atom stereocenters. The quantitative estimate of drug-likeness (QED) is 0.578. The Morgan fingerprint density at radius 3 is 2.00 bits per heavy atom. The summed E-state index contributed by atoms with van der Waals surface area (Å²) in [4.78, 5) is 0. The van der Waals surface area contributed by atoms with Gasteiger partial charge in [-0.2, -0.15) is 0 Å². The summed E-state index contributed by atoms with van der Waals surface area (Å²) in [6, 6.07) is 8.39. The van der Waals surface area contributed by atoms with Gasteiger partial charge in [-0.05, 0) is 0 Å². The zero-order chi connectivity index (χ0) is 11.5. The summed E-state index contributed by atoms with van der Waals surface area (Å²) in [5.74, 6) is 0. The number of hydrogen-bond acceptors (Lipinski definition) is 2. The Bertz CT molecular complexity index is 314. The third kappa shape index (κ3) is 2.90. The highest BCUT2D eigenvalue weighted by molar-refractivity contribution is 6.89. The Kier molecular flexibility index (Phi) is 4.08. The minimum Gasteiger partial charge on any atom is -0.352 e. The molecule has 0 amide bonds. The van der Waals surface area contributed by atoms with Crippen LogP contribution in [0.1, 0.15) is 11.9 Å². The van der Waals surface area contributed by atoms with Crippen LogP contribution in [0.4, 0.5) is 0 Å². The fraction of sp³-hybridized carbons (Fsp3) is 0.500. The highest BCUT2D eigenvalue weighted by Gasteiger charge is 2.23. The van der Waals surface area contributed by atoms with Gasteiger partial charge in [-0.1, -0.05) is 49.1 Å². The van der Waals surface area contributed by atoms with E-state index in [9.17, 15) is 0 Å². The maximum Gasteiger partial charge on any atom is 0.183 e. The minimum atomic E-state index is -1.33. The van der Waals surface area contributed by atoms with Crippen molar-refractivity contribution in [2.75, 3.05) is 14.2 Å². The number of ether oxygens (including phenoxy) is 2. The second kappa shape index (κ2) is 4.92. The number of benzene rings is 1. The van der Waals surface area contributed by atoms with E-state index >= 15 is 0 Å². The van der Waals surface area contributed by atoms with Gasteiger partial charge in [0.1, 0.15) is 0 Å². The molecular weight excluding hydrogens is 204 g/mol. The lowest BCUT2D eigenvalue weighted by Crippen LogP contribution is -2.41. The normalized spacial score (nSPS) is 12.1. The summed E-state index contributed by atoms with van der Waals surface area (Å²) >= 11 is 0. The fourth-order valence-electron chi connectivity index (χ4n) is 1.74. The van der Waals surface area contributed by atoms with Crippen molar-refractivity contribution in [1.82, 2.24) is 0 Å². The summed E-state index contributed by atoms with van der Waals surface area (Å²) in [6.45, 7) is 6.98. The topological polar surface area (TPSA) is 18.5 Å². The van der Waals surface area contributed by atoms with Crippen LogP contribution < -0.4 is 5.19 Å². The molecule has 1 rings (SSSR count). The van der Waals surface area contributed by atoms with Crippen LogP contribution in [0, 0.1) is 0 Å². The van der Waals surface area contributed by atoms with Gasteiger partial charge in [-0.3, -0.25) is 0 Å². The molecule has 0 saturated carbocycles. The van der Waals surface area contributed by atoms with Gasteiger partial charge in [0.15, 0.2) is 6.29 Å². The van der Waals surface area contributed by atoms with Crippen molar-refractivity contribution in [1.29, 1.82) is 0 Å². The Morgan fingerprint density at radius 2 is 1.53 bits per heavy atom. The van der Waals surface area contributed by atoms with Gasteiger partial charge in [0.2, 0.25) is 0 Å². The molecule has 0 aromatic heterocycles. The monoisotopic (exact) mass is 224 g/mol. The van der Waals surface area contributed by atoms with Crippen molar-refractivity contribution in [3.05, 3.63) is 29.8 Å². The summed E-state index contributed by atoms with van der Waals surface area (Å²) in [7, 11) is 2.02. The zero-order valence-corrected chi connectivity index (χ0v) is 11.2. The molecule has 1 aromatic rings. The van der Waals surface area contributed by atoms with Crippen LogP contribution in [0.25, 0.3) is 0 Å². The van der Waals surface area contributed by atoms with Crippen molar-refractivity contribution in [2.24, 2.45) is 0 Å². The van der Waals surface area contributed by atoms with Gasteiger partial charge in [-0.15, -0.1) is 0 Å². The van der Waals surface area contributed by atoms with Crippen LogP contribution in [0.3, 0.4) is 0 Å². The molecular formula is C12H20O2Si. The van der Waals surface area contributed by atoms with Crippen LogP contribution in [0.15, 0.2) is 24.3 Å². The van der Waals surface area contributed by atoms with Gasteiger partial charge in [-0.25, -0.2) is 0 Å². The average Bonchev–Trinajstić information content (AvgIpc) is 2.19. The summed E-state index contributed by atoms with van der Waals surface area (Å²) in [6.07, 6.45) is -0.243. The van der Waals surface area contributed by atoms with Crippen molar-refractivity contribution >= 4 is 13.3 Å². The zero-order valence-electron chi connectivity index (χ0n) is 10.2. The number of methoxy groups -OCH3 is 2. The van der Waals surface area contributed by atoms with E-state index < -0.39 is 8.07 Å². The first-order valence-corrected chi connectivity index (χ1v) is 8.65. The van der Waals surface area contributed by atoms with E-state index in [1.54, 1.807) is 14.2 Å². The summed E-state index contributed by atoms with van der Waals surface area (Å²) in [5, 5.41) is 1.40. The van der Waals surface area contributed by atoms with E-state index in [0.717, 1.165) is 0 Å². The fourth-order valence-corrected chi connectivity index (χ4v) is 3.40. The summed E-state index contributed by atoms with van der Waals surface area (Å²) < 4.78 is 10.6. The van der Waals surface area contributed by atoms with E-state index in [1.165, 1.54) is 10.8 Å². The molecule has 0 bridgehead atoms. The van der Waals surface area contributed by atoms with E-state index in [1.807, 2.05) is 6.07 Å². The van der Waals surface area contributed by atoms with Crippen molar-refractivity contribution < 1.29 is 9.47 Å². The van der Waals surface area contributed by atoms with E-state index in [2.05, 4.69) is 37.8 Å². The van der Waals surface area contributed by atoms with Crippen molar-refractivity contribution in [3.8, 4) is 0 Å². The lowest BCUT2D eigenvalue weighted by Gasteiger charge is -2.24. The molecule has 3 heteroatoms. The first-order valence-electron chi connectivity index (χ1n) is 5.15. The van der Waals surface area contributed by atoms with Gasteiger partial charge in [0, 0.05) is 19.8 Å². The van der Waals surface area contributed by atoms with Crippen LogP contribution in [-0.4, -0.2) is 22.3 Å². The second-order valence-corrected chi connectivity index (χ2v) is 9.68. The van der Waals surface area contributed by atoms with Gasteiger partial charge < -0.3 is 9.47 Å². The molecule has 0 atom stereocenters. The second-order valence-electron chi connectivity index (χ2n) is 4.64. The van der Waals surface area contributed by atoms with Crippen molar-refractivity contribution in [3.63, 3.8) is 0 Å². The molecule has 0 spiro atoms. The lowest BCUT2D eigenvalue weighted by atomic mass is 10.2. The predicted octanol–water partition coefficient (Wildman–Crippen LogP) is 2.52. The lowest BCUT2D eigenvalue weighted by molar-refractivity contribution is -0.105. The maximum absolute atomic E-state index is 5.32. The molecule has 0 aliphatic carbocycles. The highest BCUT2D eigenvalue weighted by Crippen LogP contribution is 2.18. The average molecular weight is 224 g/mol. The van der Waals surface area contributed by atoms with E-state index in [4.69, 9.17) is 9.47 Å². The molecule has 0 aliphatic rings. The molecule has 0 aliphatic heterocycles. The first kappa shape index (κ1) is 12.4. The molecule has 0 saturated heterocycles. The maximum atomic E-state index is 5.32. The number of hydrogen-bond donors (Lipinski definition) is 0. The largest absolute Gasteiger partial charge is 0.352 e. The Labute approximate surface area is 93.2 Å². The Hall–Kier alpha value is -0.643. The van der Waals surface area contributed by atoms with Crippen molar-refractivity contribution in [2.45, 2.75) is 25.9 Å². The van der Waals surface area contributed by atoms with Gasteiger partial charge >= 0.3 is 0 Å².